The van der Waals surface area contributed by atoms with Gasteiger partial charge in [-0.15, -0.1) is 0 Å². The molecule has 2 amide bonds. The Morgan fingerprint density at radius 3 is 2.03 bits per heavy atom. The van der Waals surface area contributed by atoms with Crippen molar-refractivity contribution in [1.29, 1.82) is 0 Å². The van der Waals surface area contributed by atoms with Crippen molar-refractivity contribution in [2.24, 2.45) is 0 Å². The van der Waals surface area contributed by atoms with Gasteiger partial charge in [-0.3, -0.25) is 9.59 Å². The van der Waals surface area contributed by atoms with Gasteiger partial charge in [0, 0.05) is 17.8 Å². The Balaban J connectivity index is 1.44. The maximum atomic E-state index is 13.8. The molecule has 1 N–H and O–H groups in total. The summed E-state index contributed by atoms with van der Waals surface area (Å²) in [5.74, 6) is -0.797. The molecule has 176 valence electrons. The summed E-state index contributed by atoms with van der Waals surface area (Å²) in [5, 5.41) is 2.96. The number of nitrogens with one attached hydrogen (secondary N) is 1. The lowest BCUT2D eigenvalue weighted by Gasteiger charge is -2.23. The van der Waals surface area contributed by atoms with E-state index in [9.17, 15) is 14.0 Å². The van der Waals surface area contributed by atoms with Gasteiger partial charge in [-0.1, -0.05) is 78.9 Å². The quantitative estimate of drug-likeness (QED) is 0.350. The lowest BCUT2D eigenvalue weighted by atomic mass is 10.1. The summed E-state index contributed by atoms with van der Waals surface area (Å²) in [5.41, 5.74) is 3.95. The van der Waals surface area contributed by atoms with E-state index in [0.29, 0.717) is 18.8 Å². The van der Waals surface area contributed by atoms with Gasteiger partial charge in [0.25, 0.3) is 5.91 Å². The summed E-state index contributed by atoms with van der Waals surface area (Å²) in [6.07, 6.45) is 1.04. The molecule has 0 bridgehead atoms. The van der Waals surface area contributed by atoms with Crippen molar-refractivity contribution in [3.63, 3.8) is 0 Å². The van der Waals surface area contributed by atoms with Crippen LogP contribution in [0.2, 0.25) is 0 Å². The lowest BCUT2D eigenvalue weighted by Crippen LogP contribution is -2.30. The molecule has 4 aromatic carbocycles. The number of anilines is 1. The Morgan fingerprint density at radius 1 is 0.714 bits per heavy atom. The molecule has 5 heteroatoms. The highest BCUT2D eigenvalue weighted by Crippen LogP contribution is 2.22. The van der Waals surface area contributed by atoms with Crippen LogP contribution in [0.25, 0.3) is 0 Å². The molecule has 0 unspecified atom stereocenters. The van der Waals surface area contributed by atoms with Crippen LogP contribution in [-0.2, 0) is 24.2 Å². The van der Waals surface area contributed by atoms with Gasteiger partial charge in [0.15, 0.2) is 0 Å². The molecule has 4 aromatic rings. The molecule has 0 radical (unpaired) electrons. The monoisotopic (exact) mass is 466 g/mol. The minimum atomic E-state index is -0.455. The summed E-state index contributed by atoms with van der Waals surface area (Å²) in [6.45, 7) is 0.920. The number of rotatable bonds is 9. The van der Waals surface area contributed by atoms with E-state index in [1.54, 1.807) is 11.0 Å². The van der Waals surface area contributed by atoms with Crippen LogP contribution in [0.5, 0.6) is 0 Å². The molecular formula is C30H27FN2O2. The van der Waals surface area contributed by atoms with Crippen LogP contribution in [0.1, 0.15) is 27.0 Å². The van der Waals surface area contributed by atoms with E-state index < -0.39 is 5.82 Å². The average molecular weight is 467 g/mol. The topological polar surface area (TPSA) is 49.4 Å². The molecule has 0 spiro atoms. The van der Waals surface area contributed by atoms with E-state index in [0.717, 1.165) is 17.5 Å². The van der Waals surface area contributed by atoms with Crippen molar-refractivity contribution in [1.82, 2.24) is 5.32 Å². The first kappa shape index (κ1) is 23.9. The fraction of sp³-hybridized carbons (Fsp3) is 0.133. The molecule has 0 saturated carbocycles. The van der Waals surface area contributed by atoms with Crippen molar-refractivity contribution in [3.8, 4) is 0 Å². The number of carbonyl (C=O) groups is 2. The van der Waals surface area contributed by atoms with Crippen LogP contribution in [0.15, 0.2) is 109 Å². The van der Waals surface area contributed by atoms with E-state index in [4.69, 9.17) is 0 Å². The van der Waals surface area contributed by atoms with Crippen molar-refractivity contribution >= 4 is 17.5 Å². The van der Waals surface area contributed by atoms with Gasteiger partial charge in [-0.05, 0) is 53.4 Å². The van der Waals surface area contributed by atoms with Gasteiger partial charge < -0.3 is 10.2 Å². The fourth-order valence-electron chi connectivity index (χ4n) is 3.86. The van der Waals surface area contributed by atoms with Crippen LogP contribution in [0.4, 0.5) is 10.1 Å². The third kappa shape index (κ3) is 6.87. The molecule has 0 saturated heterocycles. The zero-order chi connectivity index (χ0) is 24.5. The molecule has 0 fully saturated rings. The Hall–Kier alpha value is -4.25. The second-order valence-corrected chi connectivity index (χ2v) is 8.32. The van der Waals surface area contributed by atoms with Gasteiger partial charge in [0.2, 0.25) is 5.91 Å². The number of hydrogen-bond donors (Lipinski definition) is 1. The van der Waals surface area contributed by atoms with E-state index in [-0.39, 0.29) is 23.8 Å². The molecular weight excluding hydrogens is 439 g/mol. The van der Waals surface area contributed by atoms with Crippen LogP contribution in [0, 0.1) is 5.82 Å². The minimum absolute atomic E-state index is 0.0503. The SMILES string of the molecule is O=C(Cc1ccc(N(Cc2ccccc2)C(=O)c2cccc(F)c2)cc1)NCCc1ccccc1. The molecule has 0 heterocycles. The summed E-state index contributed by atoms with van der Waals surface area (Å²) in [7, 11) is 0. The maximum Gasteiger partial charge on any atom is 0.258 e. The average Bonchev–Trinajstić information content (AvgIpc) is 2.89. The zero-order valence-electron chi connectivity index (χ0n) is 19.4. The smallest absolute Gasteiger partial charge is 0.258 e. The number of amides is 2. The number of hydrogen-bond acceptors (Lipinski definition) is 2. The lowest BCUT2D eigenvalue weighted by molar-refractivity contribution is -0.120. The van der Waals surface area contributed by atoms with Gasteiger partial charge in [-0.25, -0.2) is 4.39 Å². The Labute approximate surface area is 205 Å². The second-order valence-electron chi connectivity index (χ2n) is 8.32. The third-order valence-corrected chi connectivity index (χ3v) is 5.69. The first-order valence-corrected chi connectivity index (χ1v) is 11.6. The molecule has 0 aliphatic carbocycles. The highest BCUT2D eigenvalue weighted by molar-refractivity contribution is 6.06. The standard InChI is InChI=1S/C30H27FN2O2/c31-27-13-7-12-26(21-27)30(35)33(22-25-10-5-2-6-11-25)28-16-14-24(15-17-28)20-29(34)32-19-18-23-8-3-1-4-9-23/h1-17,21H,18-20,22H2,(H,32,34). The van der Waals surface area contributed by atoms with Crippen LogP contribution in [-0.4, -0.2) is 18.4 Å². The zero-order valence-corrected chi connectivity index (χ0v) is 19.4. The Morgan fingerprint density at radius 2 is 1.37 bits per heavy atom. The number of nitrogens with zero attached hydrogens (tertiary/aromatic N) is 1. The molecule has 4 rings (SSSR count). The van der Waals surface area contributed by atoms with Crippen LogP contribution >= 0.6 is 0 Å². The normalized spacial score (nSPS) is 10.5. The van der Waals surface area contributed by atoms with Crippen molar-refractivity contribution in [3.05, 3.63) is 137 Å². The van der Waals surface area contributed by atoms with E-state index in [1.165, 1.54) is 23.8 Å². The first-order chi connectivity index (χ1) is 17.1. The molecule has 0 aromatic heterocycles. The number of carbonyl (C=O) groups excluding carboxylic acids is 2. The predicted molar refractivity (Wildman–Crippen MR) is 137 cm³/mol. The summed E-state index contributed by atoms with van der Waals surface area (Å²) in [4.78, 5) is 27.3. The number of halogens is 1. The van der Waals surface area contributed by atoms with Gasteiger partial charge in [-0.2, -0.15) is 0 Å². The minimum Gasteiger partial charge on any atom is -0.355 e. The highest BCUT2D eigenvalue weighted by atomic mass is 19.1. The van der Waals surface area contributed by atoms with Gasteiger partial charge in [0.1, 0.15) is 5.82 Å². The van der Waals surface area contributed by atoms with E-state index in [1.807, 2.05) is 84.9 Å². The van der Waals surface area contributed by atoms with Crippen LogP contribution in [0.3, 0.4) is 0 Å². The first-order valence-electron chi connectivity index (χ1n) is 11.6. The maximum absolute atomic E-state index is 13.8. The third-order valence-electron chi connectivity index (χ3n) is 5.69. The Bertz CT molecular complexity index is 1260. The van der Waals surface area contributed by atoms with Gasteiger partial charge >= 0.3 is 0 Å². The second kappa shape index (κ2) is 11.7. The molecule has 0 atom stereocenters. The van der Waals surface area contributed by atoms with Crippen molar-refractivity contribution in [2.75, 3.05) is 11.4 Å². The Kier molecular flexibility index (Phi) is 8.02. The summed E-state index contributed by atoms with van der Waals surface area (Å²) >= 11 is 0. The van der Waals surface area contributed by atoms with Gasteiger partial charge in [0.05, 0.1) is 13.0 Å². The van der Waals surface area contributed by atoms with Crippen molar-refractivity contribution < 1.29 is 14.0 Å². The number of benzene rings is 4. The largest absolute Gasteiger partial charge is 0.355 e. The highest BCUT2D eigenvalue weighted by Gasteiger charge is 2.19. The fourth-order valence-corrected chi connectivity index (χ4v) is 3.86. The van der Waals surface area contributed by atoms with Crippen LogP contribution < -0.4 is 10.2 Å². The molecule has 0 aliphatic heterocycles. The molecule has 4 nitrogen and oxygen atoms in total. The summed E-state index contributed by atoms with van der Waals surface area (Å²) < 4.78 is 13.8. The summed E-state index contributed by atoms with van der Waals surface area (Å²) in [6, 6.07) is 32.7. The van der Waals surface area contributed by atoms with Crippen molar-refractivity contribution in [2.45, 2.75) is 19.4 Å². The predicted octanol–water partition coefficient (Wildman–Crippen LogP) is 5.57. The van der Waals surface area contributed by atoms with E-state index in [2.05, 4.69) is 5.32 Å². The molecule has 35 heavy (non-hydrogen) atoms. The van der Waals surface area contributed by atoms with E-state index >= 15 is 0 Å². The molecule has 0 aliphatic rings.